The molecule has 0 spiro atoms. The van der Waals surface area contributed by atoms with Crippen molar-refractivity contribution in [2.24, 2.45) is 5.92 Å². The van der Waals surface area contributed by atoms with E-state index in [-0.39, 0.29) is 12.5 Å². The van der Waals surface area contributed by atoms with Gasteiger partial charge in [0.15, 0.2) is 0 Å². The van der Waals surface area contributed by atoms with E-state index in [1.807, 2.05) is 25.1 Å². The number of alkyl halides is 3. The smallest absolute Gasteiger partial charge is 0.314 e. The second kappa shape index (κ2) is 6.61. The summed E-state index contributed by atoms with van der Waals surface area (Å²) in [6.07, 6.45) is -2.77. The van der Waals surface area contributed by atoms with E-state index in [0.717, 1.165) is 13.0 Å². The number of hydrogen-bond donors (Lipinski definition) is 1. The van der Waals surface area contributed by atoms with Crippen LogP contribution in [0.2, 0.25) is 0 Å². The van der Waals surface area contributed by atoms with Gasteiger partial charge in [-0.1, -0.05) is 37.3 Å². The summed E-state index contributed by atoms with van der Waals surface area (Å²) in [5.74, 6) is 1.01. The van der Waals surface area contributed by atoms with Crippen LogP contribution in [0.1, 0.15) is 44.1 Å². The van der Waals surface area contributed by atoms with E-state index in [1.165, 1.54) is 5.56 Å². The summed E-state index contributed by atoms with van der Waals surface area (Å²) >= 11 is 0. The molecule has 0 aromatic heterocycles. The number of nitrogens with one attached hydrogen (secondary N) is 1. The van der Waals surface area contributed by atoms with Gasteiger partial charge < -0.3 is 5.32 Å². The molecule has 1 nitrogen and oxygen atoms in total. The Labute approximate surface area is 118 Å². The summed E-state index contributed by atoms with van der Waals surface area (Å²) in [5.41, 5.74) is 1.32. The summed E-state index contributed by atoms with van der Waals surface area (Å²) < 4.78 is 36.7. The van der Waals surface area contributed by atoms with Gasteiger partial charge in [-0.25, -0.2) is 0 Å². The molecule has 0 bridgehead atoms. The molecule has 0 heterocycles. The molecule has 20 heavy (non-hydrogen) atoms. The van der Waals surface area contributed by atoms with Gasteiger partial charge in [-0.15, -0.1) is 0 Å². The van der Waals surface area contributed by atoms with E-state index in [9.17, 15) is 13.2 Å². The van der Waals surface area contributed by atoms with Crippen molar-refractivity contribution in [1.82, 2.24) is 5.32 Å². The molecule has 1 saturated carbocycles. The Morgan fingerprint density at radius 1 is 1.25 bits per heavy atom. The third kappa shape index (κ3) is 4.51. The predicted molar refractivity (Wildman–Crippen MR) is 74.7 cm³/mol. The lowest BCUT2D eigenvalue weighted by molar-refractivity contribution is -0.135. The fourth-order valence-electron chi connectivity index (χ4n) is 2.99. The predicted octanol–water partition coefficient (Wildman–Crippen LogP) is 4.50. The Bertz CT molecular complexity index is 402. The van der Waals surface area contributed by atoms with Gasteiger partial charge in [0.25, 0.3) is 0 Å². The largest absolute Gasteiger partial charge is 0.389 e. The maximum absolute atomic E-state index is 12.2. The van der Waals surface area contributed by atoms with Gasteiger partial charge in [0, 0.05) is 12.5 Å². The molecular weight excluding hydrogens is 263 g/mol. The Kier molecular flexibility index (Phi) is 5.08. The lowest BCUT2D eigenvalue weighted by Gasteiger charge is -2.18. The Balaban J connectivity index is 1.84. The van der Waals surface area contributed by atoms with Crippen LogP contribution in [-0.2, 0) is 0 Å². The molecule has 1 N–H and O–H groups in total. The second-order valence-electron chi connectivity index (χ2n) is 5.59. The molecular formula is C16H22F3N. The maximum atomic E-state index is 12.2. The molecule has 0 amide bonds. The molecule has 1 aliphatic carbocycles. The monoisotopic (exact) mass is 285 g/mol. The summed E-state index contributed by atoms with van der Waals surface area (Å²) in [6.45, 7) is 2.82. The minimum Gasteiger partial charge on any atom is -0.314 e. The van der Waals surface area contributed by atoms with Crippen LogP contribution in [0.15, 0.2) is 30.3 Å². The number of benzene rings is 1. The minimum atomic E-state index is -4.03. The van der Waals surface area contributed by atoms with E-state index >= 15 is 0 Å². The zero-order valence-electron chi connectivity index (χ0n) is 11.8. The molecule has 3 atom stereocenters. The Morgan fingerprint density at radius 3 is 2.55 bits per heavy atom. The molecule has 1 aromatic carbocycles. The van der Waals surface area contributed by atoms with E-state index in [4.69, 9.17) is 0 Å². The highest BCUT2D eigenvalue weighted by Gasteiger charge is 2.43. The van der Waals surface area contributed by atoms with Crippen LogP contribution in [0.5, 0.6) is 0 Å². The molecule has 1 fully saturated rings. The molecule has 1 aliphatic rings. The van der Waals surface area contributed by atoms with Crippen LogP contribution in [0.3, 0.4) is 0 Å². The first kappa shape index (κ1) is 15.4. The molecule has 3 unspecified atom stereocenters. The number of rotatable bonds is 7. The third-order valence-electron chi connectivity index (χ3n) is 4.03. The Hall–Kier alpha value is -1.03. The van der Waals surface area contributed by atoms with Gasteiger partial charge in [0.05, 0.1) is 0 Å². The highest BCUT2D eigenvalue weighted by atomic mass is 19.4. The van der Waals surface area contributed by atoms with Gasteiger partial charge in [-0.3, -0.25) is 0 Å². The standard InChI is InChI=1S/C16H22F3N/c1-2-20-15(9-6-10-16(17,18)19)14-11-13(14)12-7-4-3-5-8-12/h3-5,7-8,13-15,20H,2,6,9-11H2,1H3. The number of halogens is 3. The SMILES string of the molecule is CCNC(CCCC(F)(F)F)C1CC1c1ccccc1. The minimum absolute atomic E-state index is 0.215. The van der Waals surface area contributed by atoms with Crippen molar-refractivity contribution in [2.75, 3.05) is 6.54 Å². The summed E-state index contributed by atoms with van der Waals surface area (Å²) in [7, 11) is 0. The van der Waals surface area contributed by atoms with Crippen molar-refractivity contribution >= 4 is 0 Å². The van der Waals surface area contributed by atoms with Crippen LogP contribution < -0.4 is 5.32 Å². The van der Waals surface area contributed by atoms with Crippen molar-refractivity contribution in [2.45, 2.75) is 50.7 Å². The third-order valence-corrected chi connectivity index (χ3v) is 4.03. The van der Waals surface area contributed by atoms with Crippen LogP contribution in [0.25, 0.3) is 0 Å². The highest BCUT2D eigenvalue weighted by molar-refractivity contribution is 5.26. The highest BCUT2D eigenvalue weighted by Crippen LogP contribution is 2.50. The lowest BCUT2D eigenvalue weighted by atomic mass is 10.0. The first-order chi connectivity index (χ1) is 9.51. The Morgan fingerprint density at radius 2 is 1.95 bits per heavy atom. The van der Waals surface area contributed by atoms with Crippen LogP contribution in [0, 0.1) is 5.92 Å². The van der Waals surface area contributed by atoms with Crippen LogP contribution in [0.4, 0.5) is 13.2 Å². The molecule has 2 rings (SSSR count). The van der Waals surface area contributed by atoms with Gasteiger partial charge in [-0.2, -0.15) is 13.2 Å². The molecule has 4 heteroatoms. The molecule has 0 saturated heterocycles. The van der Waals surface area contributed by atoms with Crippen molar-refractivity contribution in [1.29, 1.82) is 0 Å². The van der Waals surface area contributed by atoms with E-state index < -0.39 is 12.6 Å². The van der Waals surface area contributed by atoms with E-state index in [1.54, 1.807) is 0 Å². The summed E-state index contributed by atoms with van der Waals surface area (Å²) in [4.78, 5) is 0. The van der Waals surface area contributed by atoms with Crippen molar-refractivity contribution in [3.05, 3.63) is 35.9 Å². The second-order valence-corrected chi connectivity index (χ2v) is 5.59. The quantitative estimate of drug-likeness (QED) is 0.777. The normalized spacial score (nSPS) is 23.6. The molecule has 0 radical (unpaired) electrons. The summed E-state index contributed by atoms with van der Waals surface area (Å²) in [5, 5.41) is 3.36. The number of hydrogen-bond acceptors (Lipinski definition) is 1. The first-order valence-corrected chi connectivity index (χ1v) is 7.36. The zero-order chi connectivity index (χ0) is 14.6. The van der Waals surface area contributed by atoms with Crippen molar-refractivity contribution in [3.63, 3.8) is 0 Å². The zero-order valence-corrected chi connectivity index (χ0v) is 11.8. The first-order valence-electron chi connectivity index (χ1n) is 7.36. The average molecular weight is 285 g/mol. The fourth-order valence-corrected chi connectivity index (χ4v) is 2.99. The molecule has 1 aromatic rings. The average Bonchev–Trinajstić information content (AvgIpc) is 3.17. The van der Waals surface area contributed by atoms with Crippen LogP contribution in [-0.4, -0.2) is 18.8 Å². The summed E-state index contributed by atoms with van der Waals surface area (Å²) in [6, 6.07) is 10.5. The fraction of sp³-hybridized carbons (Fsp3) is 0.625. The van der Waals surface area contributed by atoms with E-state index in [2.05, 4.69) is 17.4 Å². The van der Waals surface area contributed by atoms with Gasteiger partial charge in [0.2, 0.25) is 0 Å². The maximum Gasteiger partial charge on any atom is 0.389 e. The van der Waals surface area contributed by atoms with Gasteiger partial charge in [0.1, 0.15) is 0 Å². The van der Waals surface area contributed by atoms with Gasteiger partial charge >= 0.3 is 6.18 Å². The van der Waals surface area contributed by atoms with Crippen molar-refractivity contribution in [3.8, 4) is 0 Å². The van der Waals surface area contributed by atoms with E-state index in [0.29, 0.717) is 18.3 Å². The topological polar surface area (TPSA) is 12.0 Å². The van der Waals surface area contributed by atoms with Crippen molar-refractivity contribution < 1.29 is 13.2 Å². The molecule has 0 aliphatic heterocycles. The lowest BCUT2D eigenvalue weighted by Crippen LogP contribution is -2.31. The van der Waals surface area contributed by atoms with Crippen LogP contribution >= 0.6 is 0 Å². The molecule has 112 valence electrons. The van der Waals surface area contributed by atoms with Gasteiger partial charge in [-0.05, 0) is 43.2 Å².